The average Bonchev–Trinajstić information content (AvgIpc) is 3.05. The Hall–Kier alpha value is -1.85. The number of thiophene rings is 1. The van der Waals surface area contributed by atoms with E-state index in [-0.39, 0.29) is 0 Å². The maximum absolute atomic E-state index is 6.13. The first-order valence-electron chi connectivity index (χ1n) is 6.16. The maximum Gasteiger partial charge on any atom is 0.261 e. The molecule has 0 atom stereocenters. The monoisotopic (exact) mass is 305 g/mol. The van der Waals surface area contributed by atoms with Crippen LogP contribution in [0, 0.1) is 0 Å². The van der Waals surface area contributed by atoms with Gasteiger partial charge in [0.05, 0.1) is 15.6 Å². The summed E-state index contributed by atoms with van der Waals surface area (Å²) in [4.78, 5) is 5.57. The molecule has 0 radical (unpaired) electrons. The van der Waals surface area contributed by atoms with Crippen molar-refractivity contribution in [1.82, 2.24) is 10.1 Å². The first-order valence-corrected chi connectivity index (χ1v) is 7.35. The molecule has 0 saturated carbocycles. The van der Waals surface area contributed by atoms with Crippen molar-refractivity contribution in [3.63, 3.8) is 0 Å². The fraction of sp³-hybridized carbons (Fsp3) is 0.143. The minimum Gasteiger partial charge on any atom is -0.390 e. The lowest BCUT2D eigenvalue weighted by atomic mass is 10.2. The molecule has 3 rings (SSSR count). The molecule has 0 aliphatic heterocycles. The highest BCUT2D eigenvalue weighted by atomic mass is 35.5. The zero-order chi connectivity index (χ0) is 14.1. The van der Waals surface area contributed by atoms with E-state index in [1.54, 1.807) is 17.4 Å². The quantitative estimate of drug-likeness (QED) is 0.785. The van der Waals surface area contributed by atoms with Gasteiger partial charge in [-0.05, 0) is 24.6 Å². The van der Waals surface area contributed by atoms with Crippen LogP contribution >= 0.6 is 22.9 Å². The Morgan fingerprint density at radius 1 is 1.30 bits per heavy atom. The first kappa shape index (κ1) is 13.1. The predicted molar refractivity (Wildman–Crippen MR) is 81.8 cm³/mol. The van der Waals surface area contributed by atoms with Crippen LogP contribution in [0.15, 0.2) is 34.9 Å². The molecular formula is C14H12ClN3OS. The van der Waals surface area contributed by atoms with Crippen molar-refractivity contribution < 1.29 is 4.52 Å². The van der Waals surface area contributed by atoms with Crippen LogP contribution in [-0.2, 0) is 6.42 Å². The maximum atomic E-state index is 6.13. The SMILES string of the molecule is CCc1cc(-c2nc(-c3ccccc3Cl)no2)c(N)s1. The highest BCUT2D eigenvalue weighted by molar-refractivity contribution is 7.16. The summed E-state index contributed by atoms with van der Waals surface area (Å²) in [6, 6.07) is 9.37. The van der Waals surface area contributed by atoms with Crippen molar-refractivity contribution in [3.05, 3.63) is 40.2 Å². The van der Waals surface area contributed by atoms with Crippen molar-refractivity contribution in [2.75, 3.05) is 5.73 Å². The third kappa shape index (κ3) is 2.30. The summed E-state index contributed by atoms with van der Waals surface area (Å²) < 4.78 is 5.31. The Labute approximate surface area is 125 Å². The molecule has 1 aromatic carbocycles. The van der Waals surface area contributed by atoms with Crippen LogP contribution in [0.4, 0.5) is 5.00 Å². The second-order valence-electron chi connectivity index (χ2n) is 4.25. The van der Waals surface area contributed by atoms with Crippen LogP contribution in [0.3, 0.4) is 0 Å². The van der Waals surface area contributed by atoms with Crippen molar-refractivity contribution in [3.8, 4) is 22.8 Å². The number of nitrogen functional groups attached to an aromatic ring is 1. The second-order valence-corrected chi connectivity index (χ2v) is 5.82. The number of hydrogen-bond donors (Lipinski definition) is 1. The van der Waals surface area contributed by atoms with Gasteiger partial charge >= 0.3 is 0 Å². The lowest BCUT2D eigenvalue weighted by molar-refractivity contribution is 0.432. The molecular weight excluding hydrogens is 294 g/mol. The van der Waals surface area contributed by atoms with Gasteiger partial charge in [0.1, 0.15) is 0 Å². The summed E-state index contributed by atoms with van der Waals surface area (Å²) in [5.41, 5.74) is 7.53. The molecule has 102 valence electrons. The van der Waals surface area contributed by atoms with E-state index >= 15 is 0 Å². The molecule has 0 spiro atoms. The molecule has 0 fully saturated rings. The van der Waals surface area contributed by atoms with Gasteiger partial charge in [-0.2, -0.15) is 4.98 Å². The number of benzene rings is 1. The Kier molecular flexibility index (Phi) is 3.46. The molecule has 2 heterocycles. The number of aromatic nitrogens is 2. The highest BCUT2D eigenvalue weighted by Gasteiger charge is 2.16. The molecule has 0 unspecified atom stereocenters. The molecule has 0 amide bonds. The van der Waals surface area contributed by atoms with Gasteiger partial charge < -0.3 is 10.3 Å². The number of hydrogen-bond acceptors (Lipinski definition) is 5. The van der Waals surface area contributed by atoms with Gasteiger partial charge in [-0.3, -0.25) is 0 Å². The smallest absolute Gasteiger partial charge is 0.261 e. The first-order chi connectivity index (χ1) is 9.69. The normalized spacial score (nSPS) is 10.9. The summed E-state index contributed by atoms with van der Waals surface area (Å²) in [6.07, 6.45) is 0.931. The Morgan fingerprint density at radius 2 is 2.10 bits per heavy atom. The summed E-state index contributed by atoms with van der Waals surface area (Å²) in [5.74, 6) is 0.891. The van der Waals surface area contributed by atoms with Gasteiger partial charge in [0, 0.05) is 10.4 Å². The van der Waals surface area contributed by atoms with E-state index in [2.05, 4.69) is 17.1 Å². The van der Waals surface area contributed by atoms with Crippen LogP contribution < -0.4 is 5.73 Å². The number of rotatable bonds is 3. The Morgan fingerprint density at radius 3 is 2.80 bits per heavy atom. The lowest BCUT2D eigenvalue weighted by Gasteiger charge is -1.95. The zero-order valence-corrected chi connectivity index (χ0v) is 12.3. The number of halogens is 1. The van der Waals surface area contributed by atoms with E-state index in [1.165, 1.54) is 4.88 Å². The van der Waals surface area contributed by atoms with Crippen LogP contribution in [-0.4, -0.2) is 10.1 Å². The molecule has 20 heavy (non-hydrogen) atoms. The molecule has 0 aliphatic rings. The third-order valence-corrected chi connectivity index (χ3v) is 4.37. The molecule has 0 saturated heterocycles. The largest absolute Gasteiger partial charge is 0.390 e. The van der Waals surface area contributed by atoms with E-state index in [0.717, 1.165) is 17.5 Å². The topological polar surface area (TPSA) is 64.9 Å². The Bertz CT molecular complexity index is 750. The number of anilines is 1. The van der Waals surface area contributed by atoms with E-state index in [1.807, 2.05) is 24.3 Å². The van der Waals surface area contributed by atoms with Gasteiger partial charge in [0.15, 0.2) is 0 Å². The van der Waals surface area contributed by atoms with Gasteiger partial charge in [0.2, 0.25) is 5.82 Å². The second kappa shape index (κ2) is 5.26. The fourth-order valence-electron chi connectivity index (χ4n) is 1.88. The van der Waals surface area contributed by atoms with E-state index in [4.69, 9.17) is 21.9 Å². The third-order valence-electron chi connectivity index (χ3n) is 2.93. The van der Waals surface area contributed by atoms with Crippen LogP contribution in [0.5, 0.6) is 0 Å². The lowest BCUT2D eigenvalue weighted by Crippen LogP contribution is -1.84. The molecule has 4 nitrogen and oxygen atoms in total. The standard InChI is InChI=1S/C14H12ClN3OS/c1-2-8-7-10(12(16)20-8)14-17-13(18-19-14)9-5-3-4-6-11(9)15/h3-7H,2,16H2,1H3. The van der Waals surface area contributed by atoms with Gasteiger partial charge in [-0.25, -0.2) is 0 Å². The van der Waals surface area contributed by atoms with Crippen molar-refractivity contribution >= 4 is 27.9 Å². The Balaban J connectivity index is 2.02. The minimum atomic E-state index is 0.424. The summed E-state index contributed by atoms with van der Waals surface area (Å²) in [6.45, 7) is 2.08. The van der Waals surface area contributed by atoms with E-state index < -0.39 is 0 Å². The summed E-state index contributed by atoms with van der Waals surface area (Å²) >= 11 is 7.67. The molecule has 3 aromatic rings. The zero-order valence-electron chi connectivity index (χ0n) is 10.8. The number of nitrogens with two attached hydrogens (primary N) is 1. The van der Waals surface area contributed by atoms with E-state index in [0.29, 0.717) is 21.7 Å². The molecule has 0 aliphatic carbocycles. The van der Waals surface area contributed by atoms with Crippen LogP contribution in [0.2, 0.25) is 5.02 Å². The van der Waals surface area contributed by atoms with Gasteiger partial charge in [0.25, 0.3) is 5.89 Å². The average molecular weight is 306 g/mol. The number of aryl methyl sites for hydroxylation is 1. The highest BCUT2D eigenvalue weighted by Crippen LogP contribution is 2.34. The summed E-state index contributed by atoms with van der Waals surface area (Å²) in [5, 5.41) is 5.26. The number of nitrogens with zero attached hydrogens (tertiary/aromatic N) is 2. The van der Waals surface area contributed by atoms with Crippen molar-refractivity contribution in [2.24, 2.45) is 0 Å². The van der Waals surface area contributed by atoms with Crippen molar-refractivity contribution in [1.29, 1.82) is 0 Å². The molecule has 2 N–H and O–H groups in total. The molecule has 6 heteroatoms. The molecule has 0 bridgehead atoms. The van der Waals surface area contributed by atoms with Gasteiger partial charge in [-0.15, -0.1) is 11.3 Å². The summed E-state index contributed by atoms with van der Waals surface area (Å²) in [7, 11) is 0. The minimum absolute atomic E-state index is 0.424. The van der Waals surface area contributed by atoms with Crippen LogP contribution in [0.25, 0.3) is 22.8 Å². The molecule has 2 aromatic heterocycles. The van der Waals surface area contributed by atoms with Gasteiger partial charge in [-0.1, -0.05) is 35.8 Å². The van der Waals surface area contributed by atoms with Crippen LogP contribution in [0.1, 0.15) is 11.8 Å². The predicted octanol–water partition coefficient (Wildman–Crippen LogP) is 4.26. The van der Waals surface area contributed by atoms with Crippen molar-refractivity contribution in [2.45, 2.75) is 13.3 Å². The van der Waals surface area contributed by atoms with E-state index in [9.17, 15) is 0 Å². The fourth-order valence-corrected chi connectivity index (χ4v) is 2.96.